The predicted molar refractivity (Wildman–Crippen MR) is 84.4 cm³/mol. The summed E-state index contributed by atoms with van der Waals surface area (Å²) in [6.07, 6.45) is 2.16. The maximum absolute atomic E-state index is 3.51. The molecule has 1 aromatic carbocycles. The van der Waals surface area contributed by atoms with Gasteiger partial charge in [0.25, 0.3) is 0 Å². The average molecular weight is 277 g/mol. The Labute approximate surface area is 118 Å². The zero-order valence-corrected chi connectivity index (χ0v) is 12.5. The van der Waals surface area contributed by atoms with Gasteiger partial charge in [0, 0.05) is 23.2 Å². The summed E-state index contributed by atoms with van der Waals surface area (Å²) in [5, 5.41) is 6.43. The van der Waals surface area contributed by atoms with Crippen molar-refractivity contribution < 1.29 is 0 Å². The molecule has 0 aliphatic carbocycles. The van der Waals surface area contributed by atoms with Crippen LogP contribution in [-0.4, -0.2) is 18.1 Å². The highest BCUT2D eigenvalue weighted by atomic mass is 32.2. The van der Waals surface area contributed by atoms with Crippen molar-refractivity contribution in [3.63, 3.8) is 0 Å². The Balaban J connectivity index is 1.91. The fourth-order valence-electron chi connectivity index (χ4n) is 1.74. The van der Waals surface area contributed by atoms with Crippen LogP contribution in [0.1, 0.15) is 11.8 Å². The van der Waals surface area contributed by atoms with Gasteiger partial charge in [0.05, 0.1) is 0 Å². The Morgan fingerprint density at radius 1 is 1.22 bits per heavy atom. The van der Waals surface area contributed by atoms with E-state index in [-0.39, 0.29) is 0 Å². The van der Waals surface area contributed by atoms with Crippen LogP contribution in [0.3, 0.4) is 0 Å². The number of nitrogens with one attached hydrogen (secondary N) is 1. The summed E-state index contributed by atoms with van der Waals surface area (Å²) in [5.41, 5.74) is 2.63. The summed E-state index contributed by atoms with van der Waals surface area (Å²) < 4.78 is 0. The van der Waals surface area contributed by atoms with E-state index in [0.717, 1.165) is 13.1 Å². The van der Waals surface area contributed by atoms with E-state index in [0.29, 0.717) is 5.25 Å². The zero-order valence-electron chi connectivity index (χ0n) is 10.8. The molecule has 1 N–H and O–H groups in total. The monoisotopic (exact) mass is 277 g/mol. The maximum Gasteiger partial charge on any atom is 0.0300 e. The lowest BCUT2D eigenvalue weighted by molar-refractivity contribution is 0.691. The molecule has 2 aromatic rings. The van der Waals surface area contributed by atoms with Crippen LogP contribution in [-0.2, 0) is 6.54 Å². The number of hydrogen-bond acceptors (Lipinski definition) is 3. The third-order valence-corrected chi connectivity index (χ3v) is 4.80. The molecule has 2 rings (SSSR count). The lowest BCUT2D eigenvalue weighted by atomic mass is 10.1. The van der Waals surface area contributed by atoms with E-state index >= 15 is 0 Å². The summed E-state index contributed by atoms with van der Waals surface area (Å²) in [6.45, 7) is 4.30. The van der Waals surface area contributed by atoms with Crippen LogP contribution >= 0.6 is 23.1 Å². The van der Waals surface area contributed by atoms with Crippen LogP contribution in [0.4, 0.5) is 0 Å². The standard InChI is InChI=1S/C15H19NS2/c1-12(17-2)9-16-10-15-8-14(11-18-15)13-6-4-3-5-7-13/h3-8,11-12,16H,9-10H2,1-2H3. The van der Waals surface area contributed by atoms with Gasteiger partial charge in [-0.1, -0.05) is 37.3 Å². The normalized spacial score (nSPS) is 12.6. The van der Waals surface area contributed by atoms with Gasteiger partial charge >= 0.3 is 0 Å². The first kappa shape index (κ1) is 13.7. The highest BCUT2D eigenvalue weighted by Crippen LogP contribution is 2.25. The van der Waals surface area contributed by atoms with Gasteiger partial charge in [-0.15, -0.1) is 11.3 Å². The number of rotatable bonds is 6. The van der Waals surface area contributed by atoms with E-state index in [2.05, 4.69) is 60.3 Å². The summed E-state index contributed by atoms with van der Waals surface area (Å²) in [7, 11) is 0. The van der Waals surface area contributed by atoms with Gasteiger partial charge in [0.15, 0.2) is 0 Å². The molecular formula is C15H19NS2. The second kappa shape index (κ2) is 6.98. The molecule has 1 nitrogen and oxygen atoms in total. The van der Waals surface area contributed by atoms with Gasteiger partial charge in [0.2, 0.25) is 0 Å². The van der Waals surface area contributed by atoms with Gasteiger partial charge in [-0.3, -0.25) is 0 Å². The van der Waals surface area contributed by atoms with Gasteiger partial charge in [-0.2, -0.15) is 11.8 Å². The number of thioether (sulfide) groups is 1. The molecule has 0 bridgehead atoms. The first-order valence-corrected chi connectivity index (χ1v) is 8.32. The quantitative estimate of drug-likeness (QED) is 0.847. The molecule has 3 heteroatoms. The molecule has 1 atom stereocenters. The molecule has 1 heterocycles. The molecule has 0 radical (unpaired) electrons. The summed E-state index contributed by atoms with van der Waals surface area (Å²) >= 11 is 3.74. The van der Waals surface area contributed by atoms with Crippen molar-refractivity contribution in [3.05, 3.63) is 46.7 Å². The molecule has 0 aliphatic heterocycles. The topological polar surface area (TPSA) is 12.0 Å². The highest BCUT2D eigenvalue weighted by molar-refractivity contribution is 7.99. The number of thiophene rings is 1. The molecule has 0 saturated carbocycles. The van der Waals surface area contributed by atoms with Crippen LogP contribution < -0.4 is 5.32 Å². The molecule has 96 valence electrons. The van der Waals surface area contributed by atoms with Crippen LogP contribution in [0.25, 0.3) is 11.1 Å². The summed E-state index contributed by atoms with van der Waals surface area (Å²) in [5.74, 6) is 0. The van der Waals surface area contributed by atoms with Crippen LogP contribution in [0.15, 0.2) is 41.8 Å². The Kier molecular flexibility index (Phi) is 5.29. The molecule has 0 aliphatic rings. The smallest absolute Gasteiger partial charge is 0.0300 e. The second-order valence-corrected chi connectivity index (χ2v) is 6.62. The largest absolute Gasteiger partial charge is 0.311 e. The number of hydrogen-bond donors (Lipinski definition) is 1. The van der Waals surface area contributed by atoms with Crippen molar-refractivity contribution in [1.29, 1.82) is 0 Å². The van der Waals surface area contributed by atoms with Gasteiger partial charge in [0.1, 0.15) is 0 Å². The Morgan fingerprint density at radius 3 is 2.72 bits per heavy atom. The molecule has 1 aromatic heterocycles. The van der Waals surface area contributed by atoms with Crippen molar-refractivity contribution in [2.45, 2.75) is 18.7 Å². The molecular weight excluding hydrogens is 258 g/mol. The molecule has 1 unspecified atom stereocenters. The van der Waals surface area contributed by atoms with Crippen LogP contribution in [0, 0.1) is 0 Å². The van der Waals surface area contributed by atoms with E-state index in [1.807, 2.05) is 23.1 Å². The van der Waals surface area contributed by atoms with Crippen molar-refractivity contribution in [2.24, 2.45) is 0 Å². The van der Waals surface area contributed by atoms with Gasteiger partial charge < -0.3 is 5.32 Å². The van der Waals surface area contributed by atoms with Crippen molar-refractivity contribution in [1.82, 2.24) is 5.32 Å². The fraction of sp³-hybridized carbons (Fsp3) is 0.333. The average Bonchev–Trinajstić information content (AvgIpc) is 2.88. The minimum absolute atomic E-state index is 0.679. The highest BCUT2D eigenvalue weighted by Gasteiger charge is 2.03. The third-order valence-electron chi connectivity index (χ3n) is 2.89. The molecule has 0 saturated heterocycles. The summed E-state index contributed by atoms with van der Waals surface area (Å²) in [4.78, 5) is 1.40. The lowest BCUT2D eigenvalue weighted by Gasteiger charge is -2.08. The minimum atomic E-state index is 0.679. The molecule has 18 heavy (non-hydrogen) atoms. The predicted octanol–water partition coefficient (Wildman–Crippen LogP) is 4.26. The Morgan fingerprint density at radius 2 is 2.00 bits per heavy atom. The van der Waals surface area contributed by atoms with E-state index in [1.165, 1.54) is 16.0 Å². The van der Waals surface area contributed by atoms with Crippen molar-refractivity contribution in [2.75, 3.05) is 12.8 Å². The lowest BCUT2D eigenvalue weighted by Crippen LogP contribution is -2.21. The first-order chi connectivity index (χ1) is 8.79. The maximum atomic E-state index is 3.51. The number of benzene rings is 1. The fourth-order valence-corrected chi connectivity index (χ4v) is 2.88. The molecule has 0 spiro atoms. The van der Waals surface area contributed by atoms with E-state index in [1.54, 1.807) is 0 Å². The van der Waals surface area contributed by atoms with Crippen LogP contribution in [0.5, 0.6) is 0 Å². The zero-order chi connectivity index (χ0) is 12.8. The minimum Gasteiger partial charge on any atom is -0.311 e. The second-order valence-electron chi connectivity index (χ2n) is 4.34. The summed E-state index contributed by atoms with van der Waals surface area (Å²) in [6, 6.07) is 12.8. The van der Waals surface area contributed by atoms with E-state index in [9.17, 15) is 0 Å². The van der Waals surface area contributed by atoms with E-state index < -0.39 is 0 Å². The van der Waals surface area contributed by atoms with Crippen LogP contribution in [0.2, 0.25) is 0 Å². The van der Waals surface area contributed by atoms with Gasteiger partial charge in [-0.05, 0) is 28.8 Å². The van der Waals surface area contributed by atoms with Crippen molar-refractivity contribution in [3.8, 4) is 11.1 Å². The SMILES string of the molecule is CSC(C)CNCc1cc(-c2ccccc2)cs1. The Bertz CT molecular complexity index is 464. The molecule has 0 fully saturated rings. The van der Waals surface area contributed by atoms with Crippen molar-refractivity contribution >= 4 is 23.1 Å². The van der Waals surface area contributed by atoms with Gasteiger partial charge in [-0.25, -0.2) is 0 Å². The third kappa shape index (κ3) is 3.87. The van der Waals surface area contributed by atoms with E-state index in [4.69, 9.17) is 0 Å². The molecule has 0 amide bonds. The Hall–Kier alpha value is -0.770. The first-order valence-electron chi connectivity index (χ1n) is 6.16.